The van der Waals surface area contributed by atoms with E-state index >= 15 is 0 Å². The molecule has 12 heteroatoms. The molecule has 1 rings (SSSR count). The number of benzene rings is 1. The standard InChI is InChI=1S/C23H35N5O7/c1-24-17(21(32)25-2)10-6-7-13-26-19(29)12-11-18(22(33)27-14-20(30)31)28-23(34)35-15-16-8-4-3-5-9-16/h3-5,8-9,17-18,24H,6-7,10-15H2,1-2H3,(H,25,32)(H,26,29)(H,27,33)(H,28,34)(H,30,31)/t17?,18-/m0/s1. The highest BCUT2D eigenvalue weighted by atomic mass is 16.5. The van der Waals surface area contributed by atoms with Crippen LogP contribution in [0.25, 0.3) is 0 Å². The van der Waals surface area contributed by atoms with E-state index in [4.69, 9.17) is 9.84 Å². The van der Waals surface area contributed by atoms with Crippen LogP contribution in [0.15, 0.2) is 30.3 Å². The fourth-order valence-corrected chi connectivity index (χ4v) is 3.11. The van der Waals surface area contributed by atoms with E-state index < -0.39 is 30.6 Å². The van der Waals surface area contributed by atoms with E-state index in [9.17, 15) is 24.0 Å². The minimum Gasteiger partial charge on any atom is -0.480 e. The molecular weight excluding hydrogens is 458 g/mol. The van der Waals surface area contributed by atoms with Gasteiger partial charge >= 0.3 is 12.1 Å². The van der Waals surface area contributed by atoms with Gasteiger partial charge in [-0.1, -0.05) is 30.3 Å². The van der Waals surface area contributed by atoms with Gasteiger partial charge in [-0.15, -0.1) is 0 Å². The maximum Gasteiger partial charge on any atom is 0.408 e. The van der Waals surface area contributed by atoms with Crippen LogP contribution in [-0.2, 0) is 30.5 Å². The lowest BCUT2D eigenvalue weighted by Gasteiger charge is -2.18. The molecule has 0 aliphatic carbocycles. The van der Waals surface area contributed by atoms with E-state index in [1.807, 2.05) is 6.07 Å². The normalized spacial score (nSPS) is 12.1. The number of rotatable bonds is 16. The second kappa shape index (κ2) is 16.9. The molecule has 1 unspecified atom stereocenters. The largest absolute Gasteiger partial charge is 0.480 e. The lowest BCUT2D eigenvalue weighted by molar-refractivity contribution is -0.138. The summed E-state index contributed by atoms with van der Waals surface area (Å²) in [6.07, 6.45) is 1.02. The number of carbonyl (C=O) groups excluding carboxylic acids is 4. The second-order valence-electron chi connectivity index (χ2n) is 7.71. The van der Waals surface area contributed by atoms with Gasteiger partial charge in [0.05, 0.1) is 6.04 Å². The zero-order valence-electron chi connectivity index (χ0n) is 20.1. The van der Waals surface area contributed by atoms with Crippen molar-refractivity contribution in [2.75, 3.05) is 27.2 Å². The third kappa shape index (κ3) is 13.0. The molecular formula is C23H35N5O7. The number of unbranched alkanes of at least 4 members (excludes halogenated alkanes) is 1. The predicted octanol–water partition coefficient (Wildman–Crippen LogP) is -0.117. The van der Waals surface area contributed by atoms with Gasteiger partial charge in [-0.3, -0.25) is 19.2 Å². The molecule has 0 fully saturated rings. The van der Waals surface area contributed by atoms with Crippen molar-refractivity contribution in [1.82, 2.24) is 26.6 Å². The van der Waals surface area contributed by atoms with E-state index in [1.54, 1.807) is 38.4 Å². The third-order valence-electron chi connectivity index (χ3n) is 5.05. The lowest BCUT2D eigenvalue weighted by Crippen LogP contribution is -2.48. The van der Waals surface area contributed by atoms with Crippen molar-refractivity contribution in [1.29, 1.82) is 0 Å². The van der Waals surface area contributed by atoms with E-state index in [0.29, 0.717) is 25.8 Å². The van der Waals surface area contributed by atoms with Crippen LogP contribution in [0, 0.1) is 0 Å². The van der Waals surface area contributed by atoms with Crippen molar-refractivity contribution in [2.45, 2.75) is 50.8 Å². The number of nitrogens with one attached hydrogen (secondary N) is 5. The minimum absolute atomic E-state index is 0.00898. The molecule has 12 nitrogen and oxygen atoms in total. The molecule has 0 saturated carbocycles. The molecule has 4 amide bonds. The van der Waals surface area contributed by atoms with E-state index in [2.05, 4.69) is 26.6 Å². The molecule has 1 aromatic rings. The van der Waals surface area contributed by atoms with Crippen LogP contribution in [-0.4, -0.2) is 74.2 Å². The molecule has 0 aliphatic heterocycles. The van der Waals surface area contributed by atoms with Gasteiger partial charge < -0.3 is 36.4 Å². The molecule has 35 heavy (non-hydrogen) atoms. The molecule has 0 spiro atoms. The van der Waals surface area contributed by atoms with Gasteiger partial charge in [-0.2, -0.15) is 0 Å². The first-order chi connectivity index (χ1) is 16.8. The van der Waals surface area contributed by atoms with Gasteiger partial charge in [0.25, 0.3) is 0 Å². The number of hydrogen-bond donors (Lipinski definition) is 6. The van der Waals surface area contributed by atoms with Crippen molar-refractivity contribution in [3.63, 3.8) is 0 Å². The van der Waals surface area contributed by atoms with Gasteiger partial charge in [0.1, 0.15) is 19.2 Å². The van der Waals surface area contributed by atoms with E-state index in [0.717, 1.165) is 5.56 Å². The SMILES string of the molecule is CNC(=O)C(CCCCNC(=O)CC[C@H](NC(=O)OCc1ccccc1)C(=O)NCC(=O)O)NC. The summed E-state index contributed by atoms with van der Waals surface area (Å²) in [5.41, 5.74) is 0.755. The summed E-state index contributed by atoms with van der Waals surface area (Å²) >= 11 is 0. The Balaban J connectivity index is 2.46. The molecule has 0 aliphatic rings. The maximum atomic E-state index is 12.3. The summed E-state index contributed by atoms with van der Waals surface area (Å²) in [5.74, 6) is -2.39. The van der Waals surface area contributed by atoms with Gasteiger partial charge in [0.2, 0.25) is 17.7 Å². The summed E-state index contributed by atoms with van der Waals surface area (Å²) in [5, 5.41) is 21.6. The van der Waals surface area contributed by atoms with Crippen molar-refractivity contribution in [3.8, 4) is 0 Å². The minimum atomic E-state index is -1.24. The van der Waals surface area contributed by atoms with Crippen LogP contribution in [0.2, 0.25) is 0 Å². The topological polar surface area (TPSA) is 175 Å². The summed E-state index contributed by atoms with van der Waals surface area (Å²) in [4.78, 5) is 59.0. The van der Waals surface area contributed by atoms with Gasteiger partial charge in [-0.25, -0.2) is 4.79 Å². The number of carbonyl (C=O) groups is 5. The first kappa shape index (κ1) is 29.4. The molecule has 0 radical (unpaired) electrons. The monoisotopic (exact) mass is 493 g/mol. The van der Waals surface area contributed by atoms with Gasteiger partial charge in [0, 0.05) is 20.0 Å². The van der Waals surface area contributed by atoms with E-state index in [-0.39, 0.29) is 37.3 Å². The highest BCUT2D eigenvalue weighted by Crippen LogP contribution is 2.04. The Kier molecular flexibility index (Phi) is 14.2. The highest BCUT2D eigenvalue weighted by Gasteiger charge is 2.23. The van der Waals surface area contributed by atoms with Crippen LogP contribution < -0.4 is 26.6 Å². The zero-order valence-corrected chi connectivity index (χ0v) is 20.1. The number of aliphatic carboxylic acids is 1. The average molecular weight is 494 g/mol. The average Bonchev–Trinajstić information content (AvgIpc) is 2.86. The number of carboxylic acid groups (broad SMARTS) is 1. The number of carboxylic acids is 1. The molecule has 1 aromatic carbocycles. The quantitative estimate of drug-likeness (QED) is 0.173. The first-order valence-corrected chi connectivity index (χ1v) is 11.4. The Morgan fingerprint density at radius 3 is 2.26 bits per heavy atom. The predicted molar refractivity (Wildman–Crippen MR) is 127 cm³/mol. The second-order valence-corrected chi connectivity index (χ2v) is 7.71. The lowest BCUT2D eigenvalue weighted by atomic mass is 10.1. The smallest absolute Gasteiger partial charge is 0.408 e. The zero-order chi connectivity index (χ0) is 26.1. The van der Waals surface area contributed by atoms with Crippen molar-refractivity contribution in [3.05, 3.63) is 35.9 Å². The van der Waals surface area contributed by atoms with Crippen LogP contribution in [0.3, 0.4) is 0 Å². The number of ether oxygens (including phenoxy) is 1. The summed E-state index contributed by atoms with van der Waals surface area (Å²) in [7, 11) is 3.27. The molecule has 0 aromatic heterocycles. The molecule has 0 saturated heterocycles. The Labute approximate surface area is 204 Å². The van der Waals surface area contributed by atoms with Gasteiger partial charge in [0.15, 0.2) is 0 Å². The fraction of sp³-hybridized carbons (Fsp3) is 0.522. The van der Waals surface area contributed by atoms with Crippen LogP contribution in [0.4, 0.5) is 4.79 Å². The van der Waals surface area contributed by atoms with Crippen LogP contribution in [0.1, 0.15) is 37.7 Å². The summed E-state index contributed by atoms with van der Waals surface area (Å²) in [6.45, 7) is -0.234. The fourth-order valence-electron chi connectivity index (χ4n) is 3.11. The van der Waals surface area contributed by atoms with Crippen molar-refractivity contribution in [2.24, 2.45) is 0 Å². The van der Waals surface area contributed by atoms with Gasteiger partial charge in [-0.05, 0) is 38.3 Å². The third-order valence-corrected chi connectivity index (χ3v) is 5.05. The number of likely N-dealkylation sites (N-methyl/N-ethyl adjacent to an activating group) is 2. The van der Waals surface area contributed by atoms with Crippen molar-refractivity contribution >= 4 is 29.8 Å². The Bertz CT molecular complexity index is 835. The summed E-state index contributed by atoms with van der Waals surface area (Å²) in [6, 6.07) is 7.50. The molecule has 2 atom stereocenters. The highest BCUT2D eigenvalue weighted by molar-refractivity contribution is 5.88. The molecule has 0 heterocycles. The molecule has 6 N–H and O–H groups in total. The van der Waals surface area contributed by atoms with E-state index in [1.165, 1.54) is 0 Å². The maximum absolute atomic E-state index is 12.3. The number of amides is 4. The summed E-state index contributed by atoms with van der Waals surface area (Å²) < 4.78 is 5.11. The Hall–Kier alpha value is -3.67. The molecule has 194 valence electrons. The number of alkyl carbamates (subject to hydrolysis) is 1. The Morgan fingerprint density at radius 1 is 0.914 bits per heavy atom. The van der Waals surface area contributed by atoms with Crippen LogP contribution in [0.5, 0.6) is 0 Å². The van der Waals surface area contributed by atoms with Crippen LogP contribution >= 0.6 is 0 Å². The molecule has 0 bridgehead atoms. The number of hydrogen-bond acceptors (Lipinski definition) is 7. The Morgan fingerprint density at radius 2 is 1.63 bits per heavy atom. The first-order valence-electron chi connectivity index (χ1n) is 11.4. The van der Waals surface area contributed by atoms with Crippen molar-refractivity contribution < 1.29 is 33.8 Å².